The Balaban J connectivity index is 1.52. The van der Waals surface area contributed by atoms with Gasteiger partial charge in [-0.2, -0.15) is 8.78 Å². The Morgan fingerprint density at radius 1 is 1.17 bits per heavy atom. The van der Waals surface area contributed by atoms with Gasteiger partial charge in [0, 0.05) is 25.5 Å². The van der Waals surface area contributed by atoms with Crippen molar-refractivity contribution in [3.05, 3.63) is 66.1 Å². The number of halogens is 2. The maximum absolute atomic E-state index is 12.1. The van der Waals surface area contributed by atoms with E-state index in [0.717, 1.165) is 11.3 Å². The maximum Gasteiger partial charge on any atom is 0.387 e. The van der Waals surface area contributed by atoms with Crippen molar-refractivity contribution >= 4 is 5.65 Å². The molecule has 5 nitrogen and oxygen atoms in total. The molecule has 24 heavy (non-hydrogen) atoms. The summed E-state index contributed by atoms with van der Waals surface area (Å²) in [4.78, 5) is 4.45. The second-order valence-corrected chi connectivity index (χ2v) is 5.29. The summed E-state index contributed by atoms with van der Waals surface area (Å²) in [6.07, 6.45) is 3.09. The monoisotopic (exact) mass is 333 g/mol. The van der Waals surface area contributed by atoms with Crippen LogP contribution in [0.15, 0.2) is 54.9 Å². The van der Waals surface area contributed by atoms with Crippen LogP contribution in [0.4, 0.5) is 8.78 Å². The lowest BCUT2D eigenvalue weighted by Gasteiger charge is -2.12. The first-order valence-corrected chi connectivity index (χ1v) is 7.48. The minimum Gasteiger partial charge on any atom is -0.435 e. The van der Waals surface area contributed by atoms with Crippen LogP contribution in [0, 0.1) is 0 Å². The average Bonchev–Trinajstić information content (AvgIpc) is 2.97. The number of ether oxygens (including phenoxy) is 1. The summed E-state index contributed by atoms with van der Waals surface area (Å²) >= 11 is 0. The van der Waals surface area contributed by atoms with Gasteiger partial charge >= 0.3 is 6.61 Å². The van der Waals surface area contributed by atoms with Crippen molar-refractivity contribution in [2.75, 3.05) is 6.54 Å². The van der Waals surface area contributed by atoms with Crippen LogP contribution in [0.1, 0.15) is 17.4 Å². The minimum atomic E-state index is -2.85. The van der Waals surface area contributed by atoms with E-state index in [-0.39, 0.29) is 5.75 Å². The molecule has 1 unspecified atom stereocenters. The van der Waals surface area contributed by atoms with E-state index >= 15 is 0 Å². The zero-order chi connectivity index (χ0) is 16.9. The van der Waals surface area contributed by atoms with Gasteiger partial charge in [0.05, 0.1) is 11.8 Å². The molecule has 0 radical (unpaired) electrons. The molecule has 2 heterocycles. The molecule has 0 bridgehead atoms. The van der Waals surface area contributed by atoms with Crippen molar-refractivity contribution in [3.63, 3.8) is 0 Å². The van der Waals surface area contributed by atoms with E-state index in [1.807, 2.05) is 35.0 Å². The Kier molecular flexibility index (Phi) is 5.02. The molecule has 0 saturated carbocycles. The smallest absolute Gasteiger partial charge is 0.387 e. The molecule has 2 aromatic heterocycles. The zero-order valence-corrected chi connectivity index (χ0v) is 12.8. The molecule has 0 spiro atoms. The molecule has 0 amide bonds. The summed E-state index contributed by atoms with van der Waals surface area (Å²) in [5.74, 6) is 0.0682. The Bertz CT molecular complexity index is 757. The van der Waals surface area contributed by atoms with E-state index in [4.69, 9.17) is 0 Å². The first-order valence-electron chi connectivity index (χ1n) is 7.48. The molecule has 1 atom stereocenters. The lowest BCUT2D eigenvalue weighted by molar-refractivity contribution is -0.0498. The van der Waals surface area contributed by atoms with Crippen LogP contribution in [0.5, 0.6) is 5.75 Å². The van der Waals surface area contributed by atoms with E-state index in [1.54, 1.807) is 12.1 Å². The second-order valence-electron chi connectivity index (χ2n) is 5.29. The van der Waals surface area contributed by atoms with Crippen LogP contribution >= 0.6 is 0 Å². The number of nitrogens with zero attached hydrogens (tertiary/aromatic N) is 2. The zero-order valence-electron chi connectivity index (χ0n) is 12.8. The molecule has 3 aromatic rings. The molecule has 1 aromatic carbocycles. The summed E-state index contributed by atoms with van der Waals surface area (Å²) in [6.45, 7) is -2.01. The summed E-state index contributed by atoms with van der Waals surface area (Å²) in [5.41, 5.74) is 2.36. The lowest BCUT2D eigenvalue weighted by atomic mass is 10.1. The van der Waals surface area contributed by atoms with Gasteiger partial charge in [0.25, 0.3) is 0 Å². The number of pyridine rings is 1. The molecule has 0 saturated heterocycles. The third kappa shape index (κ3) is 4.06. The number of benzene rings is 1. The Morgan fingerprint density at radius 2 is 1.96 bits per heavy atom. The molecular formula is C17H17F2N3O2. The first kappa shape index (κ1) is 16.4. The number of hydrogen-bond acceptors (Lipinski definition) is 4. The molecule has 0 aliphatic rings. The van der Waals surface area contributed by atoms with Crippen molar-refractivity contribution in [1.82, 2.24) is 14.7 Å². The van der Waals surface area contributed by atoms with Gasteiger partial charge < -0.3 is 19.6 Å². The number of hydrogen-bond donors (Lipinski definition) is 2. The molecule has 0 fully saturated rings. The number of aromatic nitrogens is 2. The highest BCUT2D eigenvalue weighted by molar-refractivity contribution is 5.39. The topological polar surface area (TPSA) is 58.8 Å². The number of fused-ring (bicyclic) bond motifs is 1. The SMILES string of the molecule is OC(CNCc1cn2ccccc2n1)c1ccc(OC(F)F)cc1. The molecule has 0 aliphatic carbocycles. The largest absolute Gasteiger partial charge is 0.435 e. The van der Waals surface area contributed by atoms with E-state index in [9.17, 15) is 13.9 Å². The van der Waals surface area contributed by atoms with Gasteiger partial charge in [-0.25, -0.2) is 4.98 Å². The summed E-state index contributed by atoms with van der Waals surface area (Å²) in [5, 5.41) is 13.3. The quantitative estimate of drug-likeness (QED) is 0.698. The summed E-state index contributed by atoms with van der Waals surface area (Å²) in [7, 11) is 0. The van der Waals surface area contributed by atoms with Gasteiger partial charge in [-0.1, -0.05) is 18.2 Å². The van der Waals surface area contributed by atoms with Crippen molar-refractivity contribution in [3.8, 4) is 5.75 Å². The predicted molar refractivity (Wildman–Crippen MR) is 84.9 cm³/mol. The highest BCUT2D eigenvalue weighted by atomic mass is 19.3. The number of nitrogens with one attached hydrogen (secondary N) is 1. The van der Waals surface area contributed by atoms with Crippen LogP contribution in [-0.2, 0) is 6.54 Å². The Hall–Kier alpha value is -2.51. The molecule has 7 heteroatoms. The fourth-order valence-corrected chi connectivity index (χ4v) is 2.40. The Morgan fingerprint density at radius 3 is 2.67 bits per heavy atom. The van der Waals surface area contributed by atoms with Crippen molar-refractivity contribution in [1.29, 1.82) is 0 Å². The molecule has 0 aliphatic heterocycles. The molecule has 3 rings (SSSR count). The highest BCUT2D eigenvalue weighted by Crippen LogP contribution is 2.19. The van der Waals surface area contributed by atoms with Crippen LogP contribution < -0.4 is 10.1 Å². The van der Waals surface area contributed by atoms with E-state index < -0.39 is 12.7 Å². The average molecular weight is 333 g/mol. The van der Waals surface area contributed by atoms with E-state index in [2.05, 4.69) is 15.0 Å². The van der Waals surface area contributed by atoms with Crippen LogP contribution in [-0.4, -0.2) is 27.6 Å². The standard InChI is InChI=1S/C17H17F2N3O2/c18-17(19)24-14-6-4-12(5-7-14)15(23)10-20-9-13-11-22-8-2-1-3-16(22)21-13/h1-8,11,15,17,20,23H,9-10H2. The predicted octanol–water partition coefficient (Wildman–Crippen LogP) is 2.76. The van der Waals surface area contributed by atoms with Gasteiger partial charge in [0.15, 0.2) is 0 Å². The van der Waals surface area contributed by atoms with Crippen LogP contribution in [0.2, 0.25) is 0 Å². The van der Waals surface area contributed by atoms with Gasteiger partial charge in [0.1, 0.15) is 11.4 Å². The number of alkyl halides is 2. The van der Waals surface area contributed by atoms with Gasteiger partial charge in [-0.15, -0.1) is 0 Å². The summed E-state index contributed by atoms with van der Waals surface area (Å²) < 4.78 is 30.4. The fraction of sp³-hybridized carbons (Fsp3) is 0.235. The van der Waals surface area contributed by atoms with Crippen LogP contribution in [0.25, 0.3) is 5.65 Å². The molecule has 126 valence electrons. The third-order valence-electron chi connectivity index (χ3n) is 3.55. The fourth-order valence-electron chi connectivity index (χ4n) is 2.40. The van der Waals surface area contributed by atoms with Gasteiger partial charge in [0.2, 0.25) is 0 Å². The number of aliphatic hydroxyl groups is 1. The van der Waals surface area contributed by atoms with E-state index in [0.29, 0.717) is 18.7 Å². The highest BCUT2D eigenvalue weighted by Gasteiger charge is 2.09. The van der Waals surface area contributed by atoms with Crippen molar-refractivity contribution < 1.29 is 18.6 Å². The number of imidazole rings is 1. The molecular weight excluding hydrogens is 316 g/mol. The second kappa shape index (κ2) is 7.37. The third-order valence-corrected chi connectivity index (χ3v) is 3.55. The van der Waals surface area contributed by atoms with Gasteiger partial charge in [-0.05, 0) is 29.8 Å². The Labute approximate surface area is 137 Å². The van der Waals surface area contributed by atoms with E-state index in [1.165, 1.54) is 12.1 Å². The molecule has 2 N–H and O–H groups in total. The number of rotatable bonds is 7. The minimum absolute atomic E-state index is 0.0682. The lowest BCUT2D eigenvalue weighted by Crippen LogP contribution is -2.21. The van der Waals surface area contributed by atoms with Gasteiger partial charge in [-0.3, -0.25) is 0 Å². The maximum atomic E-state index is 12.1. The van der Waals surface area contributed by atoms with Crippen LogP contribution in [0.3, 0.4) is 0 Å². The normalized spacial score (nSPS) is 12.7. The number of aliphatic hydroxyl groups excluding tert-OH is 1. The summed E-state index contributed by atoms with van der Waals surface area (Å²) in [6, 6.07) is 11.7. The first-order chi connectivity index (χ1) is 11.6. The van der Waals surface area contributed by atoms with Crippen molar-refractivity contribution in [2.45, 2.75) is 19.3 Å². The van der Waals surface area contributed by atoms with Crippen molar-refractivity contribution in [2.24, 2.45) is 0 Å².